The van der Waals surface area contributed by atoms with Gasteiger partial charge in [-0.1, -0.05) is 145 Å². The molecule has 0 heterocycles. The third kappa shape index (κ3) is 31.4. The van der Waals surface area contributed by atoms with Gasteiger partial charge < -0.3 is 49.7 Å². The number of hydrogen-bond acceptors (Lipinski definition) is 14. The highest BCUT2D eigenvalue weighted by atomic mass is 31.2. The molecule has 19 heteroatoms. The van der Waals surface area contributed by atoms with E-state index in [-0.39, 0.29) is 12.8 Å². The van der Waals surface area contributed by atoms with Crippen LogP contribution in [0.25, 0.3) is 0 Å². The molecule has 9 atom stereocenters. The minimum Gasteiger partial charge on any atom is -0.462 e. The Labute approximate surface area is 392 Å². The molecule has 380 valence electrons. The van der Waals surface area contributed by atoms with Gasteiger partial charge in [0, 0.05) is 12.8 Å². The quantitative estimate of drug-likeness (QED) is 0.00963. The van der Waals surface area contributed by atoms with Crippen molar-refractivity contribution in [2.45, 2.75) is 198 Å². The normalized spacial score (nSPS) is 22.6. The molecule has 0 amide bonds. The summed E-state index contributed by atoms with van der Waals surface area (Å²) in [7, 11) is -10.7. The molecule has 6 unspecified atom stereocenters. The average molecular weight is 979 g/mol. The van der Waals surface area contributed by atoms with Crippen molar-refractivity contribution in [3.8, 4) is 0 Å². The Morgan fingerprint density at radius 3 is 1.71 bits per heavy atom. The average Bonchev–Trinajstić information content (AvgIpc) is 3.27. The number of phosphoric ester groups is 2. The first kappa shape index (κ1) is 61.4. The van der Waals surface area contributed by atoms with E-state index in [1.54, 1.807) is 12.2 Å². The standard InChI is InChI=1S/C47H80O17P2/c1-3-5-7-9-11-12-13-14-15-16-17-18-22-26-30-34-40(49)60-36-39(37-61-66(58,59)64-47-44(53)42(51)43(52)46(45(47)54)63-65(55,56)57)62-41(50)35-31-27-23-20-19-21-25-29-33-38(48)32-28-24-10-8-6-4-2/h5-8,20-21,23-25,28-29,33,38-39,42-48,51-54H,3-4,9-19,22,26-27,30-32,34-37H2,1-2H3,(H,58,59)(H2,55,56,57)/b7-5-,8-6-,23-20-,25-21-,28-24-,33-29+/t38?,39-,42?,43?,44?,45?,46-,47+/m1/s1. The van der Waals surface area contributed by atoms with Gasteiger partial charge in [0.05, 0.1) is 12.7 Å². The van der Waals surface area contributed by atoms with Crippen molar-refractivity contribution in [2.24, 2.45) is 0 Å². The van der Waals surface area contributed by atoms with Crippen molar-refractivity contribution in [3.63, 3.8) is 0 Å². The summed E-state index contributed by atoms with van der Waals surface area (Å²) in [6.07, 6.45) is 26.1. The summed E-state index contributed by atoms with van der Waals surface area (Å²) in [6.45, 7) is 2.78. The molecule has 0 aromatic rings. The van der Waals surface area contributed by atoms with Crippen molar-refractivity contribution in [1.82, 2.24) is 0 Å². The molecule has 0 aliphatic heterocycles. The summed E-state index contributed by atoms with van der Waals surface area (Å²) < 4.78 is 49.3. The number of carbonyl (C=O) groups is 2. The van der Waals surface area contributed by atoms with E-state index in [1.165, 1.54) is 38.5 Å². The molecule has 1 fully saturated rings. The second kappa shape index (κ2) is 37.3. The highest BCUT2D eigenvalue weighted by Gasteiger charge is 2.54. The largest absolute Gasteiger partial charge is 0.472 e. The summed E-state index contributed by atoms with van der Waals surface area (Å²) in [6, 6.07) is 0. The third-order valence-corrected chi connectivity index (χ3v) is 11.9. The van der Waals surface area contributed by atoms with Gasteiger partial charge in [-0.2, -0.15) is 0 Å². The van der Waals surface area contributed by atoms with E-state index in [1.807, 2.05) is 36.5 Å². The molecular weight excluding hydrogens is 898 g/mol. The van der Waals surface area contributed by atoms with Gasteiger partial charge in [0.1, 0.15) is 43.2 Å². The van der Waals surface area contributed by atoms with E-state index < -0.39 is 89.6 Å². The number of aliphatic hydroxyl groups excluding tert-OH is 5. The molecule has 1 saturated carbocycles. The lowest BCUT2D eigenvalue weighted by atomic mass is 9.85. The Morgan fingerprint density at radius 2 is 1.08 bits per heavy atom. The molecule has 0 aromatic heterocycles. The van der Waals surface area contributed by atoms with Crippen LogP contribution in [-0.4, -0.2) is 114 Å². The lowest BCUT2D eigenvalue weighted by Gasteiger charge is -2.43. The Morgan fingerprint density at radius 1 is 0.561 bits per heavy atom. The van der Waals surface area contributed by atoms with Crippen molar-refractivity contribution in [3.05, 3.63) is 72.9 Å². The molecule has 1 rings (SSSR count). The van der Waals surface area contributed by atoms with Gasteiger partial charge in [-0.15, -0.1) is 0 Å². The van der Waals surface area contributed by atoms with Crippen LogP contribution < -0.4 is 0 Å². The maximum absolute atomic E-state index is 13.0. The fourth-order valence-corrected chi connectivity index (χ4v) is 8.27. The lowest BCUT2D eigenvalue weighted by Crippen LogP contribution is -2.64. The lowest BCUT2D eigenvalue weighted by molar-refractivity contribution is -0.216. The van der Waals surface area contributed by atoms with Crippen LogP contribution >= 0.6 is 15.6 Å². The molecule has 66 heavy (non-hydrogen) atoms. The van der Waals surface area contributed by atoms with Crippen molar-refractivity contribution in [2.75, 3.05) is 13.2 Å². The Kier molecular flexibility index (Phi) is 34.7. The van der Waals surface area contributed by atoms with Crippen LogP contribution in [0.2, 0.25) is 0 Å². The predicted molar refractivity (Wildman–Crippen MR) is 252 cm³/mol. The van der Waals surface area contributed by atoms with Crippen LogP contribution in [-0.2, 0) is 41.8 Å². The number of ether oxygens (including phenoxy) is 2. The molecule has 0 aromatic carbocycles. The van der Waals surface area contributed by atoms with Crippen LogP contribution in [0.4, 0.5) is 0 Å². The Hall–Kier alpha value is -2.60. The second-order valence-corrected chi connectivity index (χ2v) is 18.9. The van der Waals surface area contributed by atoms with E-state index in [9.17, 15) is 58.9 Å². The SMILES string of the molecule is CC/C=C\C/C=C\CC(O)/C=C/C=C\C/C=C\CCCC(=O)O[C@H](COC(=O)CCCCCCCCCCCCC/C=C\CC)COP(=O)(O)O[C@H]1C(O)C(O)C(O)[C@@H](OP(=O)(O)O)C1O. The van der Waals surface area contributed by atoms with Crippen molar-refractivity contribution >= 4 is 27.6 Å². The van der Waals surface area contributed by atoms with Gasteiger partial charge in [-0.25, -0.2) is 9.13 Å². The highest BCUT2D eigenvalue weighted by Crippen LogP contribution is 2.49. The van der Waals surface area contributed by atoms with E-state index in [0.29, 0.717) is 32.1 Å². The van der Waals surface area contributed by atoms with Gasteiger partial charge >= 0.3 is 27.6 Å². The van der Waals surface area contributed by atoms with Crippen LogP contribution in [0.3, 0.4) is 0 Å². The van der Waals surface area contributed by atoms with E-state index in [4.69, 9.17) is 18.5 Å². The van der Waals surface area contributed by atoms with Gasteiger partial charge in [0.25, 0.3) is 0 Å². The number of phosphoric acid groups is 2. The molecule has 8 N–H and O–H groups in total. The topological polar surface area (TPSA) is 276 Å². The molecule has 1 aliphatic carbocycles. The van der Waals surface area contributed by atoms with Gasteiger partial charge in [0.2, 0.25) is 0 Å². The number of carbonyl (C=O) groups excluding carboxylic acids is 2. The number of hydrogen-bond donors (Lipinski definition) is 8. The summed E-state index contributed by atoms with van der Waals surface area (Å²) >= 11 is 0. The first-order valence-electron chi connectivity index (χ1n) is 23.6. The van der Waals surface area contributed by atoms with Gasteiger partial charge in [-0.05, 0) is 64.2 Å². The molecule has 1 aliphatic rings. The van der Waals surface area contributed by atoms with Crippen molar-refractivity contribution in [1.29, 1.82) is 0 Å². The fourth-order valence-electron chi connectivity index (χ4n) is 6.74. The van der Waals surface area contributed by atoms with Crippen LogP contribution in [0.15, 0.2) is 72.9 Å². The summed E-state index contributed by atoms with van der Waals surface area (Å²) in [5.41, 5.74) is 0. The van der Waals surface area contributed by atoms with E-state index in [0.717, 1.165) is 51.4 Å². The Bertz CT molecular complexity index is 1570. The minimum absolute atomic E-state index is 0.0690. The van der Waals surface area contributed by atoms with Crippen LogP contribution in [0.1, 0.15) is 149 Å². The maximum Gasteiger partial charge on any atom is 0.472 e. The number of esters is 2. The van der Waals surface area contributed by atoms with Gasteiger partial charge in [-0.3, -0.25) is 23.2 Å². The monoisotopic (exact) mass is 978 g/mol. The highest BCUT2D eigenvalue weighted by molar-refractivity contribution is 7.47. The summed E-state index contributed by atoms with van der Waals surface area (Å²) in [5, 5.41) is 51.3. The Balaban J connectivity index is 2.66. The zero-order chi connectivity index (χ0) is 49.1. The van der Waals surface area contributed by atoms with Crippen LogP contribution in [0.5, 0.6) is 0 Å². The zero-order valence-corrected chi connectivity index (χ0v) is 40.7. The molecular formula is C47H80O17P2. The molecule has 0 radical (unpaired) electrons. The third-order valence-electron chi connectivity index (χ3n) is 10.4. The number of aliphatic hydroxyl groups is 5. The molecule has 0 saturated heterocycles. The first-order valence-corrected chi connectivity index (χ1v) is 26.6. The second-order valence-electron chi connectivity index (χ2n) is 16.3. The smallest absolute Gasteiger partial charge is 0.462 e. The van der Waals surface area contributed by atoms with Crippen molar-refractivity contribution < 1.29 is 82.0 Å². The maximum atomic E-state index is 13.0. The number of allylic oxidation sites excluding steroid dienone is 10. The zero-order valence-electron chi connectivity index (χ0n) is 39.0. The first-order chi connectivity index (χ1) is 31.5. The van der Waals surface area contributed by atoms with E-state index in [2.05, 4.69) is 42.7 Å². The van der Waals surface area contributed by atoms with Gasteiger partial charge in [0.15, 0.2) is 6.10 Å². The molecule has 0 bridgehead atoms. The van der Waals surface area contributed by atoms with Crippen LogP contribution in [0, 0.1) is 0 Å². The molecule has 0 spiro atoms. The predicted octanol–water partition coefficient (Wildman–Crippen LogP) is 7.81. The molecule has 17 nitrogen and oxygen atoms in total. The minimum atomic E-state index is -5.38. The summed E-state index contributed by atoms with van der Waals surface area (Å²) in [4.78, 5) is 54.2. The fraction of sp³-hybridized carbons (Fsp3) is 0.702. The number of rotatable bonds is 38. The summed E-state index contributed by atoms with van der Waals surface area (Å²) in [5.74, 6) is -1.32. The number of unbranched alkanes of at least 4 members (excludes halogenated alkanes) is 12. The van der Waals surface area contributed by atoms with E-state index >= 15 is 0 Å².